The Balaban J connectivity index is 2.16. The van der Waals surface area contributed by atoms with Gasteiger partial charge in [0.2, 0.25) is 5.91 Å². The second-order valence-corrected chi connectivity index (χ2v) is 3.94. The highest BCUT2D eigenvalue weighted by Gasteiger charge is 2.36. The lowest BCUT2D eigenvalue weighted by Gasteiger charge is -2.43. The summed E-state index contributed by atoms with van der Waals surface area (Å²) in [6, 6.07) is 10.8. The standard InChI is InChI=1S/C12H15NO/c1-9-8-12(14)13(9)10(2)11-6-4-3-5-7-11/h3-7,9-10H,8H2,1-2H3/t9-,10-/m1/s1. The molecule has 2 rings (SSSR count). The number of carbonyl (C=O) groups excluding carboxylic acids is 1. The van der Waals surface area contributed by atoms with Gasteiger partial charge in [0.25, 0.3) is 0 Å². The highest BCUT2D eigenvalue weighted by atomic mass is 16.2. The van der Waals surface area contributed by atoms with Gasteiger partial charge in [0.05, 0.1) is 6.04 Å². The van der Waals surface area contributed by atoms with E-state index in [1.807, 2.05) is 23.1 Å². The van der Waals surface area contributed by atoms with Crippen LogP contribution in [-0.4, -0.2) is 16.8 Å². The number of likely N-dealkylation sites (tertiary alicyclic amines) is 1. The number of rotatable bonds is 2. The van der Waals surface area contributed by atoms with Crippen molar-refractivity contribution in [1.29, 1.82) is 0 Å². The molecule has 1 saturated heterocycles. The first kappa shape index (κ1) is 9.25. The Morgan fingerprint density at radius 2 is 2.00 bits per heavy atom. The second kappa shape index (κ2) is 3.45. The number of carbonyl (C=O) groups is 1. The van der Waals surface area contributed by atoms with Crippen LogP contribution >= 0.6 is 0 Å². The highest BCUT2D eigenvalue weighted by Crippen LogP contribution is 2.30. The fourth-order valence-electron chi connectivity index (χ4n) is 2.08. The highest BCUT2D eigenvalue weighted by molar-refractivity contribution is 5.83. The Morgan fingerprint density at radius 3 is 2.50 bits per heavy atom. The van der Waals surface area contributed by atoms with Crippen molar-refractivity contribution in [3.05, 3.63) is 35.9 Å². The summed E-state index contributed by atoms with van der Waals surface area (Å²) in [4.78, 5) is 13.3. The predicted molar refractivity (Wildman–Crippen MR) is 55.8 cm³/mol. The minimum Gasteiger partial charge on any atom is -0.333 e. The first-order chi connectivity index (χ1) is 6.70. The lowest BCUT2D eigenvalue weighted by molar-refractivity contribution is -0.148. The van der Waals surface area contributed by atoms with E-state index in [1.165, 1.54) is 5.56 Å². The Labute approximate surface area is 84.5 Å². The number of amides is 1. The van der Waals surface area contributed by atoms with E-state index in [-0.39, 0.29) is 11.9 Å². The Kier molecular flexibility index (Phi) is 2.28. The van der Waals surface area contributed by atoms with Crippen LogP contribution < -0.4 is 0 Å². The van der Waals surface area contributed by atoms with Gasteiger partial charge in [0.1, 0.15) is 0 Å². The zero-order chi connectivity index (χ0) is 10.1. The molecule has 0 radical (unpaired) electrons. The lowest BCUT2D eigenvalue weighted by atomic mass is 9.97. The summed E-state index contributed by atoms with van der Waals surface area (Å²) < 4.78 is 0. The van der Waals surface area contributed by atoms with Crippen LogP contribution in [0.25, 0.3) is 0 Å². The van der Waals surface area contributed by atoms with Gasteiger partial charge in [-0.3, -0.25) is 4.79 Å². The second-order valence-electron chi connectivity index (χ2n) is 3.94. The van der Waals surface area contributed by atoms with Crippen molar-refractivity contribution in [1.82, 2.24) is 4.90 Å². The molecule has 2 nitrogen and oxygen atoms in total. The fourth-order valence-corrected chi connectivity index (χ4v) is 2.08. The molecule has 0 bridgehead atoms. The quantitative estimate of drug-likeness (QED) is 0.654. The maximum absolute atomic E-state index is 11.4. The smallest absolute Gasteiger partial charge is 0.225 e. The minimum absolute atomic E-state index is 0.215. The molecule has 74 valence electrons. The maximum atomic E-state index is 11.4. The van der Waals surface area contributed by atoms with E-state index >= 15 is 0 Å². The van der Waals surface area contributed by atoms with Crippen LogP contribution in [0.4, 0.5) is 0 Å². The van der Waals surface area contributed by atoms with Gasteiger partial charge in [-0.2, -0.15) is 0 Å². The molecule has 1 aliphatic heterocycles. The van der Waals surface area contributed by atoms with E-state index in [0.29, 0.717) is 12.5 Å². The van der Waals surface area contributed by atoms with Crippen molar-refractivity contribution in [2.24, 2.45) is 0 Å². The van der Waals surface area contributed by atoms with Crippen LogP contribution in [0.5, 0.6) is 0 Å². The molecule has 0 N–H and O–H groups in total. The molecule has 1 amide bonds. The molecule has 1 fully saturated rings. The van der Waals surface area contributed by atoms with Gasteiger partial charge in [-0.05, 0) is 19.4 Å². The molecule has 14 heavy (non-hydrogen) atoms. The molecular formula is C12H15NO. The number of nitrogens with zero attached hydrogens (tertiary/aromatic N) is 1. The Hall–Kier alpha value is -1.31. The van der Waals surface area contributed by atoms with E-state index < -0.39 is 0 Å². The van der Waals surface area contributed by atoms with Crippen molar-refractivity contribution in [3.8, 4) is 0 Å². The van der Waals surface area contributed by atoms with E-state index in [4.69, 9.17) is 0 Å². The molecule has 0 aromatic heterocycles. The van der Waals surface area contributed by atoms with Gasteiger partial charge in [0, 0.05) is 12.5 Å². The summed E-state index contributed by atoms with van der Waals surface area (Å²) in [6.45, 7) is 4.18. The van der Waals surface area contributed by atoms with Crippen LogP contribution in [0.1, 0.15) is 31.9 Å². The van der Waals surface area contributed by atoms with Crippen molar-refractivity contribution in [2.75, 3.05) is 0 Å². The van der Waals surface area contributed by atoms with Crippen molar-refractivity contribution in [2.45, 2.75) is 32.4 Å². The third-order valence-electron chi connectivity index (χ3n) is 2.93. The van der Waals surface area contributed by atoms with Crippen LogP contribution in [0.2, 0.25) is 0 Å². The number of benzene rings is 1. The van der Waals surface area contributed by atoms with Gasteiger partial charge >= 0.3 is 0 Å². The average Bonchev–Trinajstić information content (AvgIpc) is 2.18. The van der Waals surface area contributed by atoms with Crippen LogP contribution in [0.15, 0.2) is 30.3 Å². The normalized spacial score (nSPS) is 23.1. The number of β-lactam (4-membered cyclic amide) rings is 1. The van der Waals surface area contributed by atoms with E-state index in [0.717, 1.165) is 0 Å². The van der Waals surface area contributed by atoms with Crippen molar-refractivity contribution < 1.29 is 4.79 Å². The first-order valence-corrected chi connectivity index (χ1v) is 5.06. The van der Waals surface area contributed by atoms with E-state index in [9.17, 15) is 4.79 Å². The Morgan fingerprint density at radius 1 is 1.36 bits per heavy atom. The molecule has 1 aromatic carbocycles. The van der Waals surface area contributed by atoms with Gasteiger partial charge in [-0.1, -0.05) is 30.3 Å². The third-order valence-corrected chi connectivity index (χ3v) is 2.93. The lowest BCUT2D eigenvalue weighted by Crippen LogP contribution is -2.51. The summed E-state index contributed by atoms with van der Waals surface area (Å²) in [5.74, 6) is 0.272. The molecule has 2 heteroatoms. The predicted octanol–water partition coefficient (Wildman–Crippen LogP) is 2.37. The molecule has 1 aliphatic rings. The molecule has 0 saturated carbocycles. The monoisotopic (exact) mass is 189 g/mol. The maximum Gasteiger partial charge on any atom is 0.225 e. The summed E-state index contributed by atoms with van der Waals surface area (Å²) >= 11 is 0. The molecule has 1 heterocycles. The van der Waals surface area contributed by atoms with Crippen LogP contribution in [0, 0.1) is 0 Å². The molecular weight excluding hydrogens is 174 g/mol. The van der Waals surface area contributed by atoms with Gasteiger partial charge in [0.15, 0.2) is 0 Å². The summed E-state index contributed by atoms with van der Waals surface area (Å²) in [5.41, 5.74) is 1.22. The zero-order valence-corrected chi connectivity index (χ0v) is 8.60. The topological polar surface area (TPSA) is 20.3 Å². The van der Waals surface area contributed by atoms with Crippen molar-refractivity contribution >= 4 is 5.91 Å². The average molecular weight is 189 g/mol. The molecule has 2 atom stereocenters. The van der Waals surface area contributed by atoms with Gasteiger partial charge in [-0.25, -0.2) is 0 Å². The molecule has 0 spiro atoms. The third kappa shape index (κ3) is 1.41. The minimum atomic E-state index is 0.215. The molecule has 1 aromatic rings. The van der Waals surface area contributed by atoms with Crippen molar-refractivity contribution in [3.63, 3.8) is 0 Å². The summed E-state index contributed by atoms with van der Waals surface area (Å²) in [6.07, 6.45) is 0.706. The van der Waals surface area contributed by atoms with Crippen LogP contribution in [-0.2, 0) is 4.79 Å². The zero-order valence-electron chi connectivity index (χ0n) is 8.60. The van der Waals surface area contributed by atoms with Crippen LogP contribution in [0.3, 0.4) is 0 Å². The SMILES string of the molecule is C[C@@H]1CC(=O)N1[C@H](C)c1ccccc1. The summed E-state index contributed by atoms with van der Waals surface area (Å²) in [7, 11) is 0. The number of hydrogen-bond acceptors (Lipinski definition) is 1. The largest absolute Gasteiger partial charge is 0.333 e. The Bertz CT molecular complexity index is 333. The number of hydrogen-bond donors (Lipinski definition) is 0. The van der Waals surface area contributed by atoms with E-state index in [2.05, 4.69) is 26.0 Å². The summed E-state index contributed by atoms with van der Waals surface area (Å²) in [5, 5.41) is 0. The molecule has 0 unspecified atom stereocenters. The fraction of sp³-hybridized carbons (Fsp3) is 0.417. The van der Waals surface area contributed by atoms with Gasteiger partial charge < -0.3 is 4.90 Å². The van der Waals surface area contributed by atoms with E-state index in [1.54, 1.807) is 0 Å². The van der Waals surface area contributed by atoms with Gasteiger partial charge in [-0.15, -0.1) is 0 Å². The first-order valence-electron chi connectivity index (χ1n) is 5.06. The molecule has 0 aliphatic carbocycles.